The molecule has 0 amide bonds. The summed E-state index contributed by atoms with van der Waals surface area (Å²) in [6.07, 6.45) is 0. The summed E-state index contributed by atoms with van der Waals surface area (Å²) >= 11 is 0. The van der Waals surface area contributed by atoms with Gasteiger partial charge in [-0.1, -0.05) is 18.2 Å². The van der Waals surface area contributed by atoms with E-state index in [2.05, 4.69) is 4.98 Å². The average molecular weight is 420 g/mol. The van der Waals surface area contributed by atoms with Crippen LogP contribution in [0.15, 0.2) is 63.0 Å². The molecule has 0 fully saturated rings. The fourth-order valence-corrected chi connectivity index (χ4v) is 5.03. The van der Waals surface area contributed by atoms with Gasteiger partial charge >= 0.3 is 0 Å². The van der Waals surface area contributed by atoms with Crippen LogP contribution in [0.2, 0.25) is 0 Å². The van der Waals surface area contributed by atoms with Crippen molar-refractivity contribution in [2.45, 2.75) is 11.8 Å². The Kier molecular flexibility index (Phi) is 3.71. The van der Waals surface area contributed by atoms with E-state index in [9.17, 15) is 22.6 Å². The van der Waals surface area contributed by atoms with Crippen LogP contribution in [-0.2, 0) is 17.2 Å². The molecule has 5 rings (SSSR count). The van der Waals surface area contributed by atoms with Crippen LogP contribution < -0.4 is 10.9 Å². The van der Waals surface area contributed by atoms with Crippen LogP contribution >= 0.6 is 0 Å². The number of aryl methyl sites for hydroxylation is 2. The molecule has 0 saturated carbocycles. The molecule has 30 heavy (non-hydrogen) atoms. The molecule has 0 saturated heterocycles. The molecule has 3 aromatic carbocycles. The zero-order valence-corrected chi connectivity index (χ0v) is 16.9. The largest absolute Gasteiger partial charge is 0.353 e. The Bertz CT molecular complexity index is 1780. The van der Waals surface area contributed by atoms with E-state index >= 15 is 0 Å². The van der Waals surface area contributed by atoms with E-state index < -0.39 is 20.4 Å². The summed E-state index contributed by atoms with van der Waals surface area (Å²) in [5.41, 5.74) is 1.13. The molecule has 0 aliphatic heterocycles. The van der Waals surface area contributed by atoms with Gasteiger partial charge in [0, 0.05) is 23.2 Å². The Morgan fingerprint density at radius 3 is 2.37 bits per heavy atom. The van der Waals surface area contributed by atoms with Crippen LogP contribution in [0.25, 0.3) is 43.6 Å². The maximum atomic E-state index is 13.3. The Labute approximate surface area is 169 Å². The van der Waals surface area contributed by atoms with Gasteiger partial charge < -0.3 is 9.55 Å². The van der Waals surface area contributed by atoms with Crippen molar-refractivity contribution in [3.8, 4) is 0 Å². The third kappa shape index (κ3) is 2.44. The van der Waals surface area contributed by atoms with Crippen LogP contribution in [0.5, 0.6) is 0 Å². The summed E-state index contributed by atoms with van der Waals surface area (Å²) in [5, 5.41) is 0.626. The van der Waals surface area contributed by atoms with Gasteiger partial charge in [-0.05, 0) is 42.8 Å². The molecular formula is C22H16N2O5S. The van der Waals surface area contributed by atoms with E-state index in [0.29, 0.717) is 21.8 Å². The van der Waals surface area contributed by atoms with Gasteiger partial charge in [-0.3, -0.25) is 14.1 Å². The zero-order chi connectivity index (χ0) is 21.4. The monoisotopic (exact) mass is 420 g/mol. The summed E-state index contributed by atoms with van der Waals surface area (Å²) in [6.45, 7) is 1.84. The van der Waals surface area contributed by atoms with Gasteiger partial charge in [0.05, 0.1) is 27.5 Å². The lowest BCUT2D eigenvalue weighted by molar-refractivity contribution is 0.485. The molecule has 0 radical (unpaired) electrons. The number of hydrogen-bond acceptors (Lipinski definition) is 4. The minimum Gasteiger partial charge on any atom is -0.353 e. The molecule has 2 aromatic heterocycles. The van der Waals surface area contributed by atoms with Crippen molar-refractivity contribution in [2.75, 3.05) is 0 Å². The molecule has 8 heteroatoms. The third-order valence-corrected chi connectivity index (χ3v) is 6.47. The highest BCUT2D eigenvalue weighted by Crippen LogP contribution is 2.31. The van der Waals surface area contributed by atoms with Gasteiger partial charge in [0.25, 0.3) is 10.1 Å². The molecule has 0 bridgehead atoms. The molecule has 0 unspecified atom stereocenters. The first-order valence-corrected chi connectivity index (χ1v) is 10.6. The lowest BCUT2D eigenvalue weighted by Crippen LogP contribution is -2.16. The first-order chi connectivity index (χ1) is 14.2. The van der Waals surface area contributed by atoms with Crippen molar-refractivity contribution in [3.05, 3.63) is 74.5 Å². The van der Waals surface area contributed by atoms with Crippen LogP contribution in [-0.4, -0.2) is 22.5 Å². The van der Waals surface area contributed by atoms with Crippen molar-refractivity contribution in [1.29, 1.82) is 0 Å². The highest BCUT2D eigenvalue weighted by Gasteiger charge is 2.25. The van der Waals surface area contributed by atoms with Gasteiger partial charge in [-0.15, -0.1) is 0 Å². The molecule has 0 atom stereocenters. The quantitative estimate of drug-likeness (QED) is 0.320. The lowest BCUT2D eigenvalue weighted by atomic mass is 10.0. The predicted octanol–water partition coefficient (Wildman–Crippen LogP) is 3.24. The molecule has 2 heterocycles. The second kappa shape index (κ2) is 6.01. The molecule has 5 aromatic rings. The zero-order valence-electron chi connectivity index (χ0n) is 16.1. The highest BCUT2D eigenvalue weighted by atomic mass is 32.2. The summed E-state index contributed by atoms with van der Waals surface area (Å²) in [6, 6.07) is 13.5. The molecule has 150 valence electrons. The number of rotatable bonds is 1. The van der Waals surface area contributed by atoms with Crippen molar-refractivity contribution in [1.82, 2.24) is 9.55 Å². The fraction of sp³-hybridized carbons (Fsp3) is 0.0909. The minimum absolute atomic E-state index is 0.0803. The van der Waals surface area contributed by atoms with Crippen LogP contribution in [0.1, 0.15) is 5.56 Å². The Morgan fingerprint density at radius 2 is 1.63 bits per heavy atom. The molecule has 0 aliphatic carbocycles. The molecule has 0 aliphatic rings. The Balaban J connectivity index is 2.21. The smallest absolute Gasteiger partial charge is 0.297 e. The number of nitrogens with zero attached hydrogens (tertiary/aromatic N) is 1. The van der Waals surface area contributed by atoms with Crippen molar-refractivity contribution < 1.29 is 13.0 Å². The van der Waals surface area contributed by atoms with Crippen molar-refractivity contribution in [2.24, 2.45) is 7.05 Å². The lowest BCUT2D eigenvalue weighted by Gasteiger charge is -2.15. The van der Waals surface area contributed by atoms with Gasteiger partial charge in [0.1, 0.15) is 4.90 Å². The van der Waals surface area contributed by atoms with Crippen LogP contribution in [0.3, 0.4) is 0 Å². The summed E-state index contributed by atoms with van der Waals surface area (Å²) in [5.74, 6) is 0. The first-order valence-electron chi connectivity index (χ1n) is 9.17. The number of H-pyrrole nitrogens is 1. The normalized spacial score (nSPS) is 12.4. The van der Waals surface area contributed by atoms with E-state index in [4.69, 9.17) is 0 Å². The first kappa shape index (κ1) is 18.5. The third-order valence-electron chi connectivity index (χ3n) is 5.54. The summed E-state index contributed by atoms with van der Waals surface area (Å²) in [7, 11) is -3.16. The van der Waals surface area contributed by atoms with Gasteiger partial charge in [0.15, 0.2) is 10.9 Å². The topological polar surface area (TPSA) is 109 Å². The van der Waals surface area contributed by atoms with E-state index in [0.717, 1.165) is 5.56 Å². The Morgan fingerprint density at radius 1 is 0.900 bits per heavy atom. The number of hydrogen-bond donors (Lipinski definition) is 2. The second-order valence-electron chi connectivity index (χ2n) is 7.41. The van der Waals surface area contributed by atoms with E-state index in [1.165, 1.54) is 6.07 Å². The maximum absolute atomic E-state index is 13.3. The molecule has 7 nitrogen and oxygen atoms in total. The Hall–Kier alpha value is -3.49. The van der Waals surface area contributed by atoms with E-state index in [1.54, 1.807) is 54.1 Å². The predicted molar refractivity (Wildman–Crippen MR) is 117 cm³/mol. The van der Waals surface area contributed by atoms with Crippen molar-refractivity contribution in [3.63, 3.8) is 0 Å². The number of aromatic nitrogens is 2. The van der Waals surface area contributed by atoms with Gasteiger partial charge in [0.2, 0.25) is 0 Å². The number of fused-ring (bicyclic) bond motifs is 4. The van der Waals surface area contributed by atoms with Crippen LogP contribution in [0.4, 0.5) is 0 Å². The molecule has 0 spiro atoms. The highest BCUT2D eigenvalue weighted by molar-refractivity contribution is 7.86. The fourth-order valence-electron chi connectivity index (χ4n) is 4.15. The average Bonchev–Trinajstić information content (AvgIpc) is 2.70. The summed E-state index contributed by atoms with van der Waals surface area (Å²) < 4.78 is 36.7. The SMILES string of the molecule is Cc1ccc2c(=O)c3cc4c(c(S(=O)(=O)O)c3[nH]c2c1)c(=O)c1ccccc1n4C. The van der Waals surface area contributed by atoms with Crippen molar-refractivity contribution >= 4 is 53.7 Å². The number of para-hydroxylation sites is 1. The van der Waals surface area contributed by atoms with Gasteiger partial charge in [-0.2, -0.15) is 8.42 Å². The van der Waals surface area contributed by atoms with E-state index in [1.807, 2.05) is 6.92 Å². The number of aromatic amines is 1. The van der Waals surface area contributed by atoms with Gasteiger partial charge in [-0.25, -0.2) is 0 Å². The summed E-state index contributed by atoms with van der Waals surface area (Å²) in [4.78, 5) is 28.9. The number of nitrogens with one attached hydrogen (secondary N) is 1. The molecular weight excluding hydrogens is 404 g/mol. The molecule has 2 N–H and O–H groups in total. The maximum Gasteiger partial charge on any atom is 0.297 e. The number of pyridine rings is 2. The standard InChI is InChI=1S/C22H16N2O5S/c1-11-7-8-12-15(9-11)23-19-14(20(12)25)10-17-18(22(19)30(27,28)29)21(26)13-5-3-4-6-16(13)24(17)2/h3-10H,1-2H3,(H,23,25)(H,27,28,29). The van der Waals surface area contributed by atoms with Crippen LogP contribution in [0, 0.1) is 6.92 Å². The van der Waals surface area contributed by atoms with E-state index in [-0.39, 0.29) is 27.2 Å². The number of benzene rings is 3. The minimum atomic E-state index is -4.84. The second-order valence-corrected chi connectivity index (χ2v) is 8.76.